The standard InChI is InChI=1S/C12H23N3O2S2/c1-9(2)12(7-15(3)4)14-19(16,17)11-5-10(6-13)18-8-11/h5,8-9,12,14H,6-7,13H2,1-4H3. The Bertz CT molecular complexity index is 495. The topological polar surface area (TPSA) is 75.4 Å². The van der Waals surface area contributed by atoms with Crippen LogP contribution in [0, 0.1) is 5.92 Å². The normalized spacial score (nSPS) is 14.3. The van der Waals surface area contributed by atoms with Gasteiger partial charge in [-0.25, -0.2) is 13.1 Å². The largest absolute Gasteiger partial charge is 0.326 e. The molecule has 110 valence electrons. The monoisotopic (exact) mass is 305 g/mol. The fourth-order valence-electron chi connectivity index (χ4n) is 1.65. The second-order valence-corrected chi connectivity index (χ2v) is 7.90. The molecule has 5 nitrogen and oxygen atoms in total. The minimum Gasteiger partial charge on any atom is -0.326 e. The zero-order valence-electron chi connectivity index (χ0n) is 11.9. The predicted molar refractivity (Wildman–Crippen MR) is 79.7 cm³/mol. The maximum absolute atomic E-state index is 12.3. The Labute approximate surface area is 119 Å². The number of nitrogens with zero attached hydrogens (tertiary/aromatic N) is 1. The zero-order chi connectivity index (χ0) is 14.6. The Kier molecular flexibility index (Phi) is 5.94. The van der Waals surface area contributed by atoms with Crippen LogP contribution in [0.2, 0.25) is 0 Å². The van der Waals surface area contributed by atoms with Gasteiger partial charge in [-0.3, -0.25) is 0 Å². The third-order valence-electron chi connectivity index (χ3n) is 2.81. The summed E-state index contributed by atoms with van der Waals surface area (Å²) in [4.78, 5) is 3.16. The molecule has 1 unspecified atom stereocenters. The van der Waals surface area contributed by atoms with Crippen LogP contribution in [0.25, 0.3) is 0 Å². The number of nitrogens with one attached hydrogen (secondary N) is 1. The summed E-state index contributed by atoms with van der Waals surface area (Å²) in [5.41, 5.74) is 5.51. The molecule has 7 heteroatoms. The highest BCUT2D eigenvalue weighted by molar-refractivity contribution is 7.89. The molecule has 0 amide bonds. The second kappa shape index (κ2) is 6.81. The molecular weight excluding hydrogens is 282 g/mol. The third kappa shape index (κ3) is 4.85. The summed E-state index contributed by atoms with van der Waals surface area (Å²) >= 11 is 1.37. The van der Waals surface area contributed by atoms with Gasteiger partial charge in [0.15, 0.2) is 0 Å². The van der Waals surface area contributed by atoms with E-state index < -0.39 is 10.0 Å². The lowest BCUT2D eigenvalue weighted by atomic mass is 10.1. The summed E-state index contributed by atoms with van der Waals surface area (Å²) in [5.74, 6) is 0.227. The molecule has 0 saturated heterocycles. The summed E-state index contributed by atoms with van der Waals surface area (Å²) < 4.78 is 27.4. The summed E-state index contributed by atoms with van der Waals surface area (Å²) in [6.45, 7) is 5.06. The Morgan fingerprint density at radius 2 is 2.05 bits per heavy atom. The van der Waals surface area contributed by atoms with Crippen LogP contribution in [0.4, 0.5) is 0 Å². The van der Waals surface area contributed by atoms with Crippen molar-refractivity contribution in [2.24, 2.45) is 11.7 Å². The van der Waals surface area contributed by atoms with E-state index in [1.165, 1.54) is 11.3 Å². The van der Waals surface area contributed by atoms with Crippen LogP contribution in [-0.2, 0) is 16.6 Å². The molecule has 19 heavy (non-hydrogen) atoms. The predicted octanol–water partition coefficient (Wildman–Crippen LogP) is 1.07. The number of likely N-dealkylation sites (N-methyl/N-ethyl adjacent to an activating group) is 1. The molecule has 0 saturated carbocycles. The van der Waals surface area contributed by atoms with Crippen molar-refractivity contribution in [3.8, 4) is 0 Å². The molecule has 0 bridgehead atoms. The first-order valence-corrected chi connectivity index (χ1v) is 8.57. The number of hydrogen-bond acceptors (Lipinski definition) is 5. The minimum absolute atomic E-state index is 0.110. The molecule has 1 aromatic heterocycles. The van der Waals surface area contributed by atoms with Gasteiger partial charge in [0.1, 0.15) is 0 Å². The number of thiophene rings is 1. The van der Waals surface area contributed by atoms with Crippen LogP contribution >= 0.6 is 11.3 Å². The minimum atomic E-state index is -3.46. The van der Waals surface area contributed by atoms with Crippen molar-refractivity contribution in [2.45, 2.75) is 31.3 Å². The molecule has 1 heterocycles. The summed E-state index contributed by atoms with van der Waals surface area (Å²) in [6, 6.07) is 1.53. The van der Waals surface area contributed by atoms with E-state index in [4.69, 9.17) is 5.73 Å². The van der Waals surface area contributed by atoms with Crippen molar-refractivity contribution in [3.63, 3.8) is 0 Å². The van der Waals surface area contributed by atoms with Crippen molar-refractivity contribution >= 4 is 21.4 Å². The zero-order valence-corrected chi connectivity index (χ0v) is 13.5. The van der Waals surface area contributed by atoms with Gasteiger partial charge < -0.3 is 10.6 Å². The maximum Gasteiger partial charge on any atom is 0.241 e. The first-order chi connectivity index (χ1) is 8.76. The number of sulfonamides is 1. The lowest BCUT2D eigenvalue weighted by Crippen LogP contribution is -2.44. The van der Waals surface area contributed by atoms with Gasteiger partial charge in [-0.1, -0.05) is 13.8 Å². The average Bonchev–Trinajstić information content (AvgIpc) is 2.76. The highest BCUT2D eigenvalue weighted by Crippen LogP contribution is 2.19. The number of rotatable bonds is 7. The van der Waals surface area contributed by atoms with Crippen LogP contribution in [0.15, 0.2) is 16.3 Å². The van der Waals surface area contributed by atoms with E-state index in [1.54, 1.807) is 11.4 Å². The Balaban J connectivity index is 2.87. The van der Waals surface area contributed by atoms with Gasteiger partial charge in [-0.05, 0) is 26.1 Å². The number of hydrogen-bond donors (Lipinski definition) is 2. The SMILES string of the molecule is CC(C)C(CN(C)C)NS(=O)(=O)c1csc(CN)c1. The highest BCUT2D eigenvalue weighted by Gasteiger charge is 2.23. The van der Waals surface area contributed by atoms with E-state index in [9.17, 15) is 8.42 Å². The van der Waals surface area contributed by atoms with Crippen LogP contribution in [0.5, 0.6) is 0 Å². The van der Waals surface area contributed by atoms with Crippen LogP contribution < -0.4 is 10.5 Å². The summed E-state index contributed by atoms with van der Waals surface area (Å²) in [7, 11) is 0.401. The van der Waals surface area contributed by atoms with Gasteiger partial charge in [0.25, 0.3) is 0 Å². The summed E-state index contributed by atoms with van der Waals surface area (Å²) in [6.07, 6.45) is 0. The fraction of sp³-hybridized carbons (Fsp3) is 0.667. The first kappa shape index (κ1) is 16.6. The molecule has 0 aromatic carbocycles. The van der Waals surface area contributed by atoms with E-state index in [0.29, 0.717) is 18.0 Å². The molecule has 1 aromatic rings. The Morgan fingerprint density at radius 1 is 1.42 bits per heavy atom. The quantitative estimate of drug-likeness (QED) is 0.790. The average molecular weight is 305 g/mol. The molecule has 0 aliphatic heterocycles. The second-order valence-electron chi connectivity index (χ2n) is 5.19. The molecule has 0 radical (unpaired) electrons. The lowest BCUT2D eigenvalue weighted by Gasteiger charge is -2.25. The first-order valence-electron chi connectivity index (χ1n) is 6.20. The van der Waals surface area contributed by atoms with Crippen molar-refractivity contribution in [2.75, 3.05) is 20.6 Å². The van der Waals surface area contributed by atoms with Crippen molar-refractivity contribution < 1.29 is 8.42 Å². The van der Waals surface area contributed by atoms with Crippen molar-refractivity contribution in [3.05, 3.63) is 16.3 Å². The van der Waals surface area contributed by atoms with Crippen molar-refractivity contribution in [1.29, 1.82) is 0 Å². The molecule has 0 aliphatic rings. The van der Waals surface area contributed by atoms with Gasteiger partial charge in [0.05, 0.1) is 4.90 Å². The maximum atomic E-state index is 12.3. The van der Waals surface area contributed by atoms with E-state index in [2.05, 4.69) is 4.72 Å². The van der Waals surface area contributed by atoms with E-state index in [-0.39, 0.29) is 12.0 Å². The van der Waals surface area contributed by atoms with Gasteiger partial charge in [-0.2, -0.15) is 0 Å². The van der Waals surface area contributed by atoms with Gasteiger partial charge >= 0.3 is 0 Å². The Morgan fingerprint density at radius 3 is 2.47 bits per heavy atom. The van der Waals surface area contributed by atoms with Crippen molar-refractivity contribution in [1.82, 2.24) is 9.62 Å². The van der Waals surface area contributed by atoms with E-state index >= 15 is 0 Å². The lowest BCUT2D eigenvalue weighted by molar-refractivity contribution is 0.314. The smallest absolute Gasteiger partial charge is 0.241 e. The van der Waals surface area contributed by atoms with E-state index in [1.807, 2.05) is 32.8 Å². The fourth-order valence-corrected chi connectivity index (χ4v) is 4.18. The molecule has 3 N–H and O–H groups in total. The van der Waals surface area contributed by atoms with E-state index in [0.717, 1.165) is 4.88 Å². The molecule has 1 rings (SSSR count). The molecular formula is C12H23N3O2S2. The number of nitrogens with two attached hydrogens (primary N) is 1. The summed E-state index contributed by atoms with van der Waals surface area (Å²) in [5, 5.41) is 1.64. The third-order valence-corrected chi connectivity index (χ3v) is 5.39. The van der Waals surface area contributed by atoms with Crippen LogP contribution in [0.3, 0.4) is 0 Å². The van der Waals surface area contributed by atoms with Gasteiger partial charge in [0, 0.05) is 29.4 Å². The van der Waals surface area contributed by atoms with Crippen LogP contribution in [0.1, 0.15) is 18.7 Å². The molecule has 0 fully saturated rings. The van der Waals surface area contributed by atoms with Gasteiger partial charge in [0.2, 0.25) is 10.0 Å². The molecule has 0 aliphatic carbocycles. The molecule has 0 spiro atoms. The van der Waals surface area contributed by atoms with Crippen LogP contribution in [-0.4, -0.2) is 40.0 Å². The van der Waals surface area contributed by atoms with Gasteiger partial charge in [-0.15, -0.1) is 11.3 Å². The molecule has 1 atom stereocenters. The Hall–Kier alpha value is -0.470. The highest BCUT2D eigenvalue weighted by atomic mass is 32.2.